The minimum absolute atomic E-state index is 0.0155. The first-order valence-corrected chi connectivity index (χ1v) is 8.38. The minimum atomic E-state index is -0.0184. The quantitative estimate of drug-likeness (QED) is 0.891. The zero-order valence-electron chi connectivity index (χ0n) is 13.9. The Labute approximate surface area is 136 Å². The number of aromatic nitrogens is 2. The monoisotopic (exact) mass is 322 g/mol. The lowest BCUT2D eigenvalue weighted by Gasteiger charge is -2.26. The standard InChI is InChI=1S/C16H26N4O3/c1-12(10-23-14-5-7-22-11-14)18-16(21)20-6-3-4-15(20)13-8-17-19(2)9-13/h8-9,12,14-15H,3-7,10-11H2,1-2H3,(H,18,21). The Morgan fingerprint density at radius 1 is 1.57 bits per heavy atom. The molecule has 0 radical (unpaired) electrons. The molecule has 3 rings (SSSR count). The fourth-order valence-electron chi connectivity index (χ4n) is 3.23. The number of likely N-dealkylation sites (tertiary alicyclic amines) is 1. The molecule has 1 aromatic rings. The molecule has 0 aliphatic carbocycles. The maximum Gasteiger partial charge on any atom is 0.318 e. The molecule has 1 aromatic heterocycles. The summed E-state index contributed by atoms with van der Waals surface area (Å²) in [5, 5.41) is 7.26. The first-order valence-electron chi connectivity index (χ1n) is 8.38. The Kier molecular flexibility index (Phi) is 5.17. The molecule has 2 saturated heterocycles. The summed E-state index contributed by atoms with van der Waals surface area (Å²) < 4.78 is 12.8. The van der Waals surface area contributed by atoms with Crippen LogP contribution in [0.15, 0.2) is 12.4 Å². The van der Waals surface area contributed by atoms with Gasteiger partial charge in [-0.15, -0.1) is 0 Å². The molecule has 0 spiro atoms. The summed E-state index contributed by atoms with van der Waals surface area (Å²) in [6.45, 7) is 4.71. The van der Waals surface area contributed by atoms with E-state index in [9.17, 15) is 4.79 Å². The number of hydrogen-bond acceptors (Lipinski definition) is 4. The summed E-state index contributed by atoms with van der Waals surface area (Å²) >= 11 is 0. The van der Waals surface area contributed by atoms with Crippen molar-refractivity contribution in [1.29, 1.82) is 0 Å². The SMILES string of the molecule is CC(COC1CCOC1)NC(=O)N1CCCC1c1cnn(C)c1. The van der Waals surface area contributed by atoms with Crippen LogP contribution in [-0.2, 0) is 16.5 Å². The van der Waals surface area contributed by atoms with E-state index in [0.717, 1.165) is 38.0 Å². The van der Waals surface area contributed by atoms with Gasteiger partial charge in [-0.2, -0.15) is 5.10 Å². The number of rotatable bonds is 5. The van der Waals surface area contributed by atoms with Gasteiger partial charge in [0.15, 0.2) is 0 Å². The second kappa shape index (κ2) is 7.31. The Bertz CT molecular complexity index is 527. The van der Waals surface area contributed by atoms with Gasteiger partial charge in [-0.25, -0.2) is 4.79 Å². The molecule has 3 unspecified atom stereocenters. The third kappa shape index (κ3) is 4.03. The molecule has 2 aliphatic heterocycles. The largest absolute Gasteiger partial charge is 0.379 e. The highest BCUT2D eigenvalue weighted by molar-refractivity contribution is 5.75. The first-order chi connectivity index (χ1) is 11.1. The van der Waals surface area contributed by atoms with E-state index in [1.807, 2.05) is 31.3 Å². The molecule has 3 heterocycles. The molecule has 2 amide bonds. The van der Waals surface area contributed by atoms with Gasteiger partial charge in [0.05, 0.1) is 37.6 Å². The third-order valence-electron chi connectivity index (χ3n) is 4.46. The van der Waals surface area contributed by atoms with Crippen molar-refractivity contribution in [3.63, 3.8) is 0 Å². The van der Waals surface area contributed by atoms with Crippen LogP contribution in [0.5, 0.6) is 0 Å². The summed E-state index contributed by atoms with van der Waals surface area (Å²) in [5.41, 5.74) is 1.10. The average molecular weight is 322 g/mol. The fourth-order valence-corrected chi connectivity index (χ4v) is 3.23. The third-order valence-corrected chi connectivity index (χ3v) is 4.46. The van der Waals surface area contributed by atoms with E-state index in [1.54, 1.807) is 4.68 Å². The summed E-state index contributed by atoms with van der Waals surface area (Å²) in [6.07, 6.45) is 6.96. The number of ether oxygens (including phenoxy) is 2. The molecule has 7 heteroatoms. The van der Waals surface area contributed by atoms with Crippen molar-refractivity contribution in [3.05, 3.63) is 18.0 Å². The van der Waals surface area contributed by atoms with Crippen molar-refractivity contribution in [1.82, 2.24) is 20.0 Å². The number of urea groups is 1. The second-order valence-electron chi connectivity index (χ2n) is 6.47. The van der Waals surface area contributed by atoms with Gasteiger partial charge >= 0.3 is 6.03 Å². The Balaban J connectivity index is 1.50. The highest BCUT2D eigenvalue weighted by atomic mass is 16.5. The van der Waals surface area contributed by atoms with Crippen molar-refractivity contribution >= 4 is 6.03 Å². The van der Waals surface area contributed by atoms with E-state index in [1.165, 1.54) is 0 Å². The Morgan fingerprint density at radius 2 is 2.43 bits per heavy atom. The van der Waals surface area contributed by atoms with Gasteiger partial charge in [0.1, 0.15) is 0 Å². The van der Waals surface area contributed by atoms with Crippen LogP contribution in [0.25, 0.3) is 0 Å². The minimum Gasteiger partial charge on any atom is -0.379 e. The van der Waals surface area contributed by atoms with Gasteiger partial charge in [-0.3, -0.25) is 4.68 Å². The molecule has 128 valence electrons. The number of nitrogens with zero attached hydrogens (tertiary/aromatic N) is 3. The van der Waals surface area contributed by atoms with Gasteiger partial charge < -0.3 is 19.7 Å². The Morgan fingerprint density at radius 3 is 3.13 bits per heavy atom. The maximum absolute atomic E-state index is 12.5. The molecule has 0 saturated carbocycles. The van der Waals surface area contributed by atoms with Crippen LogP contribution >= 0.6 is 0 Å². The van der Waals surface area contributed by atoms with Crippen LogP contribution in [0.3, 0.4) is 0 Å². The molecular weight excluding hydrogens is 296 g/mol. The van der Waals surface area contributed by atoms with E-state index in [-0.39, 0.29) is 24.2 Å². The summed E-state index contributed by atoms with van der Waals surface area (Å²) in [6, 6.07) is 0.0911. The predicted molar refractivity (Wildman–Crippen MR) is 85.1 cm³/mol. The van der Waals surface area contributed by atoms with Crippen LogP contribution in [-0.4, -0.2) is 59.2 Å². The average Bonchev–Trinajstić information content (AvgIpc) is 3.26. The number of aryl methyl sites for hydroxylation is 1. The van der Waals surface area contributed by atoms with Crippen LogP contribution in [0.2, 0.25) is 0 Å². The number of nitrogens with one attached hydrogen (secondary N) is 1. The van der Waals surface area contributed by atoms with Gasteiger partial charge in [0, 0.05) is 32.0 Å². The Hall–Kier alpha value is -1.60. The molecule has 1 N–H and O–H groups in total. The van der Waals surface area contributed by atoms with E-state index in [2.05, 4.69) is 10.4 Å². The van der Waals surface area contributed by atoms with E-state index in [4.69, 9.17) is 9.47 Å². The van der Waals surface area contributed by atoms with Crippen LogP contribution in [0.1, 0.15) is 37.8 Å². The van der Waals surface area contributed by atoms with Crippen molar-refractivity contribution in [2.75, 3.05) is 26.4 Å². The van der Waals surface area contributed by atoms with Crippen LogP contribution in [0.4, 0.5) is 4.79 Å². The van der Waals surface area contributed by atoms with Crippen molar-refractivity contribution in [3.8, 4) is 0 Å². The van der Waals surface area contributed by atoms with Crippen molar-refractivity contribution in [2.24, 2.45) is 7.05 Å². The van der Waals surface area contributed by atoms with Crippen molar-refractivity contribution in [2.45, 2.75) is 44.4 Å². The van der Waals surface area contributed by atoms with Gasteiger partial charge in [-0.1, -0.05) is 0 Å². The lowest BCUT2D eigenvalue weighted by Crippen LogP contribution is -2.45. The smallest absolute Gasteiger partial charge is 0.318 e. The summed E-state index contributed by atoms with van der Waals surface area (Å²) in [5.74, 6) is 0. The molecule has 23 heavy (non-hydrogen) atoms. The summed E-state index contributed by atoms with van der Waals surface area (Å²) in [4.78, 5) is 14.5. The first kappa shape index (κ1) is 16.3. The molecule has 3 atom stereocenters. The number of carbonyl (C=O) groups excluding carboxylic acids is 1. The number of carbonyl (C=O) groups is 1. The highest BCUT2D eigenvalue weighted by Crippen LogP contribution is 2.31. The second-order valence-corrected chi connectivity index (χ2v) is 6.47. The molecule has 2 aliphatic rings. The van der Waals surface area contributed by atoms with Gasteiger partial charge in [-0.05, 0) is 26.2 Å². The van der Waals surface area contributed by atoms with E-state index < -0.39 is 0 Å². The molecule has 0 aromatic carbocycles. The molecular formula is C16H26N4O3. The highest BCUT2D eigenvalue weighted by Gasteiger charge is 2.31. The van der Waals surface area contributed by atoms with Crippen LogP contribution < -0.4 is 5.32 Å². The lowest BCUT2D eigenvalue weighted by molar-refractivity contribution is 0.0329. The van der Waals surface area contributed by atoms with Crippen molar-refractivity contribution < 1.29 is 14.3 Å². The topological polar surface area (TPSA) is 68.6 Å². The van der Waals surface area contributed by atoms with Gasteiger partial charge in [0.25, 0.3) is 0 Å². The van der Waals surface area contributed by atoms with E-state index in [0.29, 0.717) is 13.2 Å². The molecule has 0 bridgehead atoms. The fraction of sp³-hybridized carbons (Fsp3) is 0.750. The van der Waals surface area contributed by atoms with Crippen LogP contribution in [0, 0.1) is 0 Å². The normalized spacial score (nSPS) is 25.7. The van der Waals surface area contributed by atoms with Gasteiger partial charge in [0.2, 0.25) is 0 Å². The zero-order chi connectivity index (χ0) is 16.2. The summed E-state index contributed by atoms with van der Waals surface area (Å²) in [7, 11) is 1.90. The zero-order valence-corrected chi connectivity index (χ0v) is 13.9. The number of hydrogen-bond donors (Lipinski definition) is 1. The molecule has 2 fully saturated rings. The lowest BCUT2D eigenvalue weighted by atomic mass is 10.1. The van der Waals surface area contributed by atoms with E-state index >= 15 is 0 Å². The predicted octanol–water partition coefficient (Wildman–Crippen LogP) is 1.46. The number of amides is 2. The molecule has 7 nitrogen and oxygen atoms in total. The maximum atomic E-state index is 12.5.